The quantitative estimate of drug-likeness (QED) is 0.760. The van der Waals surface area contributed by atoms with Gasteiger partial charge >= 0.3 is 0 Å². The Bertz CT molecular complexity index is 573. The smallest absolute Gasteiger partial charge is 0.244 e. The molecular weight excluding hydrogens is 344 g/mol. The average molecular weight is 365 g/mol. The minimum Gasteiger partial charge on any atom is -0.495 e. The zero-order chi connectivity index (χ0) is 15.5. The van der Waals surface area contributed by atoms with E-state index in [4.69, 9.17) is 10.5 Å². The van der Waals surface area contributed by atoms with Crippen molar-refractivity contribution < 1.29 is 13.2 Å². The highest BCUT2D eigenvalue weighted by Gasteiger charge is 2.23. The van der Waals surface area contributed by atoms with Gasteiger partial charge in [0.15, 0.2) is 0 Å². The van der Waals surface area contributed by atoms with Crippen molar-refractivity contribution in [1.82, 2.24) is 4.72 Å². The molecule has 1 rings (SSSR count). The molecule has 0 heterocycles. The number of ether oxygens (including phenoxy) is 1. The fraction of sp³-hybridized carbons (Fsp3) is 0.538. The molecule has 7 heteroatoms. The van der Waals surface area contributed by atoms with Crippen molar-refractivity contribution in [3.8, 4) is 5.75 Å². The van der Waals surface area contributed by atoms with Crippen LogP contribution in [0.25, 0.3) is 0 Å². The highest BCUT2D eigenvalue weighted by Crippen LogP contribution is 2.32. The standard InChI is InChI=1S/C13H21BrN2O3S/c1-8(2)5-9(3)16-20(17,18)13-7-11(15)10(14)6-12(13)19-4/h6-9,16H,5,15H2,1-4H3. The second kappa shape index (κ2) is 6.78. The predicted octanol–water partition coefficient (Wildman–Crippen LogP) is 2.75. The van der Waals surface area contributed by atoms with Crippen LogP contribution in [0.15, 0.2) is 21.5 Å². The first-order valence-electron chi connectivity index (χ1n) is 6.32. The average Bonchev–Trinajstić information content (AvgIpc) is 2.29. The lowest BCUT2D eigenvalue weighted by atomic mass is 10.1. The number of hydrogen-bond acceptors (Lipinski definition) is 4. The number of hydrogen-bond donors (Lipinski definition) is 2. The van der Waals surface area contributed by atoms with Crippen LogP contribution in [0.2, 0.25) is 0 Å². The Balaban J connectivity index is 3.12. The van der Waals surface area contributed by atoms with Crippen LogP contribution in [0.3, 0.4) is 0 Å². The summed E-state index contributed by atoms with van der Waals surface area (Å²) in [6.07, 6.45) is 0.757. The Morgan fingerprint density at radius 2 is 1.95 bits per heavy atom. The van der Waals surface area contributed by atoms with Gasteiger partial charge in [-0.1, -0.05) is 13.8 Å². The number of nitrogen functional groups attached to an aromatic ring is 1. The topological polar surface area (TPSA) is 81.4 Å². The van der Waals surface area contributed by atoms with Gasteiger partial charge < -0.3 is 10.5 Å². The molecule has 0 bridgehead atoms. The van der Waals surface area contributed by atoms with Crippen LogP contribution < -0.4 is 15.2 Å². The van der Waals surface area contributed by atoms with Gasteiger partial charge in [0.25, 0.3) is 0 Å². The van der Waals surface area contributed by atoms with Gasteiger partial charge in [-0.25, -0.2) is 13.1 Å². The molecule has 0 saturated heterocycles. The van der Waals surface area contributed by atoms with Gasteiger partial charge in [-0.15, -0.1) is 0 Å². The fourth-order valence-corrected chi connectivity index (χ4v) is 3.77. The zero-order valence-corrected chi connectivity index (χ0v) is 14.5. The van der Waals surface area contributed by atoms with Crippen molar-refractivity contribution in [2.24, 2.45) is 5.92 Å². The van der Waals surface area contributed by atoms with Crippen LogP contribution in [0.4, 0.5) is 5.69 Å². The van der Waals surface area contributed by atoms with Crippen LogP contribution in [0, 0.1) is 5.92 Å². The molecule has 0 aliphatic rings. The number of rotatable bonds is 6. The maximum atomic E-state index is 12.4. The lowest BCUT2D eigenvalue weighted by Gasteiger charge is -2.18. The molecule has 1 aromatic carbocycles. The monoisotopic (exact) mass is 364 g/mol. The van der Waals surface area contributed by atoms with Crippen LogP contribution in [-0.4, -0.2) is 21.6 Å². The minimum atomic E-state index is -3.66. The van der Waals surface area contributed by atoms with E-state index in [1.165, 1.54) is 13.2 Å². The molecule has 0 spiro atoms. The Hall–Kier alpha value is -0.790. The largest absolute Gasteiger partial charge is 0.495 e. The van der Waals surface area contributed by atoms with Crippen LogP contribution >= 0.6 is 15.9 Å². The lowest BCUT2D eigenvalue weighted by Crippen LogP contribution is -2.33. The van der Waals surface area contributed by atoms with E-state index >= 15 is 0 Å². The maximum Gasteiger partial charge on any atom is 0.244 e. The molecule has 0 fully saturated rings. The van der Waals surface area contributed by atoms with E-state index in [0.29, 0.717) is 16.1 Å². The van der Waals surface area contributed by atoms with Crippen molar-refractivity contribution in [3.63, 3.8) is 0 Å². The van der Waals surface area contributed by atoms with E-state index in [1.54, 1.807) is 6.07 Å². The summed E-state index contributed by atoms with van der Waals surface area (Å²) < 4.78 is 33.2. The van der Waals surface area contributed by atoms with Gasteiger partial charge in [0.05, 0.1) is 7.11 Å². The van der Waals surface area contributed by atoms with E-state index in [9.17, 15) is 8.42 Å². The summed E-state index contributed by atoms with van der Waals surface area (Å²) in [4.78, 5) is 0.0521. The Kier molecular flexibility index (Phi) is 5.85. The van der Waals surface area contributed by atoms with Crippen molar-refractivity contribution in [2.75, 3.05) is 12.8 Å². The van der Waals surface area contributed by atoms with Gasteiger partial charge in [0, 0.05) is 16.2 Å². The van der Waals surface area contributed by atoms with Crippen molar-refractivity contribution in [3.05, 3.63) is 16.6 Å². The van der Waals surface area contributed by atoms with E-state index in [-0.39, 0.29) is 16.7 Å². The second-order valence-electron chi connectivity index (χ2n) is 5.18. The molecule has 0 saturated carbocycles. The molecule has 0 aliphatic carbocycles. The third kappa shape index (κ3) is 4.36. The first-order valence-corrected chi connectivity index (χ1v) is 8.60. The van der Waals surface area contributed by atoms with Crippen LogP contribution in [0.5, 0.6) is 5.75 Å². The van der Waals surface area contributed by atoms with Crippen molar-refractivity contribution in [1.29, 1.82) is 0 Å². The summed E-state index contributed by atoms with van der Waals surface area (Å²) in [7, 11) is -2.24. The summed E-state index contributed by atoms with van der Waals surface area (Å²) >= 11 is 3.25. The number of nitrogens with two attached hydrogens (primary N) is 1. The Morgan fingerprint density at radius 3 is 2.45 bits per heavy atom. The van der Waals surface area contributed by atoms with Gasteiger partial charge in [-0.05, 0) is 47.3 Å². The molecule has 5 nitrogen and oxygen atoms in total. The summed E-state index contributed by atoms with van der Waals surface area (Å²) in [6, 6.07) is 2.79. The van der Waals surface area contributed by atoms with Gasteiger partial charge in [0.1, 0.15) is 10.6 Å². The van der Waals surface area contributed by atoms with Crippen LogP contribution in [0.1, 0.15) is 27.2 Å². The van der Waals surface area contributed by atoms with E-state index in [1.807, 2.05) is 20.8 Å². The summed E-state index contributed by atoms with van der Waals surface area (Å²) in [5.41, 5.74) is 6.11. The highest BCUT2D eigenvalue weighted by atomic mass is 79.9. The third-order valence-electron chi connectivity index (χ3n) is 2.75. The van der Waals surface area contributed by atoms with E-state index in [0.717, 1.165) is 6.42 Å². The summed E-state index contributed by atoms with van der Waals surface area (Å²) in [5, 5.41) is 0. The summed E-state index contributed by atoms with van der Waals surface area (Å²) in [5.74, 6) is 0.667. The molecule has 1 aromatic rings. The lowest BCUT2D eigenvalue weighted by molar-refractivity contribution is 0.401. The number of nitrogens with one attached hydrogen (secondary N) is 1. The van der Waals surface area contributed by atoms with Gasteiger partial charge in [-0.2, -0.15) is 0 Å². The number of methoxy groups -OCH3 is 1. The molecule has 0 aromatic heterocycles. The fourth-order valence-electron chi connectivity index (χ4n) is 2.00. The molecule has 3 N–H and O–H groups in total. The molecular formula is C13H21BrN2O3S. The molecule has 1 unspecified atom stereocenters. The molecule has 1 atom stereocenters. The van der Waals surface area contributed by atoms with Crippen LogP contribution in [-0.2, 0) is 10.0 Å². The predicted molar refractivity (Wildman–Crippen MR) is 84.3 cm³/mol. The number of anilines is 1. The highest BCUT2D eigenvalue weighted by molar-refractivity contribution is 9.10. The maximum absolute atomic E-state index is 12.4. The van der Waals surface area contributed by atoms with Gasteiger partial charge in [0.2, 0.25) is 10.0 Å². The second-order valence-corrected chi connectivity index (χ2v) is 7.71. The first kappa shape index (κ1) is 17.3. The number of benzene rings is 1. The zero-order valence-electron chi connectivity index (χ0n) is 12.1. The third-order valence-corrected chi connectivity index (χ3v) is 5.05. The number of halogens is 1. The van der Waals surface area contributed by atoms with Crippen molar-refractivity contribution >= 4 is 31.6 Å². The van der Waals surface area contributed by atoms with Gasteiger partial charge in [-0.3, -0.25) is 0 Å². The summed E-state index contributed by atoms with van der Waals surface area (Å²) in [6.45, 7) is 5.93. The Morgan fingerprint density at radius 1 is 1.35 bits per heavy atom. The molecule has 20 heavy (non-hydrogen) atoms. The van der Waals surface area contributed by atoms with E-state index < -0.39 is 10.0 Å². The first-order chi connectivity index (χ1) is 9.17. The van der Waals surface area contributed by atoms with E-state index in [2.05, 4.69) is 20.7 Å². The molecule has 0 radical (unpaired) electrons. The molecule has 114 valence electrons. The molecule has 0 amide bonds. The normalized spacial score (nSPS) is 13.5. The SMILES string of the molecule is COc1cc(Br)c(N)cc1S(=O)(=O)NC(C)CC(C)C. The minimum absolute atomic E-state index is 0.0521. The van der Waals surface area contributed by atoms with Crippen molar-refractivity contribution in [2.45, 2.75) is 38.1 Å². The molecule has 0 aliphatic heterocycles. The number of sulfonamides is 1. The Labute approximate surface area is 129 Å².